The minimum Gasteiger partial charge on any atom is -0.464 e. The number of Topliss-reactive ketones (excluding diaryl/α,β-unsaturated/α-hetero) is 17. The van der Waals surface area contributed by atoms with Crippen LogP contribution in [0.3, 0.4) is 0 Å². The minimum absolute atomic E-state index is 0.129. The molecule has 824 valence electrons. The zero-order chi connectivity index (χ0) is 114. The van der Waals surface area contributed by atoms with E-state index in [1.807, 2.05) is 0 Å². The zero-order valence-electron chi connectivity index (χ0n) is 85.8. The fourth-order valence-corrected chi connectivity index (χ4v) is 9.93. The molecule has 0 fully saturated rings. The van der Waals surface area contributed by atoms with Crippen LogP contribution in [-0.4, -0.2) is 334 Å². The summed E-state index contributed by atoms with van der Waals surface area (Å²) in [7, 11) is 0. The molecule has 0 aliphatic rings. The van der Waals surface area contributed by atoms with Gasteiger partial charge < -0.3 is 90.0 Å². The first kappa shape index (κ1) is 141. The molecule has 0 rings (SSSR count). The Morgan fingerprint density at radius 3 is 0.551 bits per heavy atom. The van der Waals surface area contributed by atoms with E-state index in [0.717, 1.165) is 69.2 Å². The van der Waals surface area contributed by atoms with E-state index in [2.05, 4.69) is 0 Å². The second-order valence-corrected chi connectivity index (χ2v) is 33.2. The maximum atomic E-state index is 12.8. The first-order valence-corrected chi connectivity index (χ1v) is 44.5. The Morgan fingerprint density at radius 1 is 0.163 bits per heavy atom. The Bertz CT molecular complexity index is 4390. The summed E-state index contributed by atoms with van der Waals surface area (Å²) in [5.74, 6) is -24.9. The molecule has 0 aromatic heterocycles. The fourth-order valence-electron chi connectivity index (χ4n) is 9.93. The van der Waals surface area contributed by atoms with Crippen LogP contribution in [0.5, 0.6) is 0 Å². The molecule has 147 heavy (non-hydrogen) atoms. The summed E-state index contributed by atoms with van der Waals surface area (Å²) in [6.45, 7) is 21.2. The summed E-state index contributed by atoms with van der Waals surface area (Å²) in [6, 6.07) is 0. The van der Waals surface area contributed by atoms with E-state index in [1.165, 1.54) is 55.4 Å². The van der Waals surface area contributed by atoms with Gasteiger partial charge in [0.05, 0.1) is 25.9 Å². The topological polar surface area (TPSA) is 756 Å². The van der Waals surface area contributed by atoms with E-state index in [9.17, 15) is 163 Å². The molecule has 0 aromatic rings. The van der Waals surface area contributed by atoms with Crippen molar-refractivity contribution in [3.63, 3.8) is 0 Å². The van der Waals surface area contributed by atoms with Crippen LogP contribution in [0.15, 0.2) is 0 Å². The normalized spacial score (nSPS) is 12.0. The van der Waals surface area contributed by atoms with Gasteiger partial charge in [-0.1, -0.05) is 0 Å². The Morgan fingerprint density at radius 2 is 0.327 bits per heavy atom. The van der Waals surface area contributed by atoms with Gasteiger partial charge in [-0.2, -0.15) is 0 Å². The molecule has 53 heteroatoms. The van der Waals surface area contributed by atoms with Gasteiger partial charge in [0.2, 0.25) is 0 Å². The van der Waals surface area contributed by atoms with Gasteiger partial charge >= 0.3 is 101 Å². The molecule has 0 amide bonds. The quantitative estimate of drug-likeness (QED) is 0.0469. The van der Waals surface area contributed by atoms with Crippen molar-refractivity contribution in [2.45, 2.75) is 309 Å². The number of carbonyl (C=O) groups excluding carboxylic acids is 34. The third kappa shape index (κ3) is 88.7. The number of ketones is 17. The van der Waals surface area contributed by atoms with E-state index >= 15 is 0 Å². The Kier molecular flexibility index (Phi) is 75.4. The van der Waals surface area contributed by atoms with Crippen molar-refractivity contribution in [3.05, 3.63) is 0 Å². The Balaban J connectivity index is -0.000000597. The molecule has 0 aliphatic carbocycles. The van der Waals surface area contributed by atoms with Crippen LogP contribution in [0.1, 0.15) is 255 Å². The van der Waals surface area contributed by atoms with Crippen molar-refractivity contribution in [1.82, 2.24) is 0 Å². The molecule has 53 nitrogen and oxygen atoms in total. The predicted octanol–water partition coefficient (Wildman–Crippen LogP) is 1.23. The van der Waals surface area contributed by atoms with Crippen LogP contribution in [-0.2, 0) is 253 Å². The molecule has 0 radical (unpaired) electrons. The monoisotopic (exact) mass is 2110 g/mol. The molecule has 0 saturated heterocycles. The first-order chi connectivity index (χ1) is 67.9. The average molecular weight is 2110 g/mol. The summed E-state index contributed by atoms with van der Waals surface area (Å²) in [5, 5.41) is 0. The van der Waals surface area contributed by atoms with Crippen LogP contribution < -0.4 is 0 Å². The SMILES string of the molecule is CC(=O)CC(=O)OC(C)COCC(C)OCC(C)OC(=O)CC(C)=O.CC(=O)CC(=O)OCC(C)OC(=O)CC(C)=O.CC(=O)CC(=O)OCC(COC(=O)CC(C)=O)(COC(=O)CC(C)=O)COC(=O)CC(C)=O.CC(=O)CC(=O)OCC(COC(=O)CC(C)=O)OC(=O)CC(C)=O.CC(=O)CC(=O)OCC(OC(=O)CC(C)=O)C(OC(=O)CC(C)=O)C(OC(=O)CC(C)=O)C(COC(=O)CC(C)=O)OC(=O)CC(C)=O. The molecule has 8 atom stereocenters. The van der Waals surface area contributed by atoms with Gasteiger partial charge in [-0.15, -0.1) is 0 Å². The van der Waals surface area contributed by atoms with Crippen molar-refractivity contribution in [3.8, 4) is 0 Å². The summed E-state index contributed by atoms with van der Waals surface area (Å²) >= 11 is 0. The highest BCUT2D eigenvalue weighted by molar-refractivity contribution is 6.02. The summed E-state index contributed by atoms with van der Waals surface area (Å²) < 4.78 is 96.0. The van der Waals surface area contributed by atoms with Crippen molar-refractivity contribution in [1.29, 1.82) is 0 Å². The Labute approximate surface area is 843 Å². The second kappa shape index (κ2) is 78.7. The van der Waals surface area contributed by atoms with Gasteiger partial charge in [0.15, 0.2) is 30.5 Å². The number of rotatable bonds is 70. The molecule has 0 N–H and O–H groups in total. The predicted molar refractivity (Wildman–Crippen MR) is 483 cm³/mol. The lowest BCUT2D eigenvalue weighted by molar-refractivity contribution is -0.209. The Hall–Kier alpha value is -14.7. The van der Waals surface area contributed by atoms with Gasteiger partial charge in [-0.3, -0.25) is 163 Å². The van der Waals surface area contributed by atoms with E-state index in [4.69, 9.17) is 90.0 Å². The number of hydrogen-bond acceptors (Lipinski definition) is 53. The van der Waals surface area contributed by atoms with Gasteiger partial charge in [0, 0.05) is 0 Å². The lowest BCUT2D eigenvalue weighted by atomic mass is 9.92. The third-order valence-corrected chi connectivity index (χ3v) is 15.8. The number of hydrogen-bond donors (Lipinski definition) is 0. The maximum Gasteiger partial charge on any atom is 0.313 e. The first-order valence-electron chi connectivity index (χ1n) is 44.5. The molecule has 0 saturated carbocycles. The van der Waals surface area contributed by atoms with Crippen molar-refractivity contribution >= 4 is 200 Å². The van der Waals surface area contributed by atoms with Crippen molar-refractivity contribution < 1.29 is 253 Å². The van der Waals surface area contributed by atoms with E-state index in [-0.39, 0.29) is 81.3 Å². The van der Waals surface area contributed by atoms with Crippen molar-refractivity contribution in [2.24, 2.45) is 5.41 Å². The minimum atomic E-state index is -2.23. The lowest BCUT2D eigenvalue weighted by Gasteiger charge is -2.35. The maximum absolute atomic E-state index is 12.8. The standard InChI is InChI=1S/C30H38O18.C21H28O12.C17H28O8.C15H20O9.C11H16O6/c1-15(31)7-23(37)43-13-21(45-25(39)9-17(3)33)29(47-27(41)11-19(5)35)30(48-28(42)12-20(6)36)22(46-26(40)10-18(4)34)14-44-24(38)8-16(2)32;1-13(22)5-17(26)30-9-21(10-31-18(27)6-14(2)23,11-32-19(28)7-15(3)24)12-33-20(29)8-16(4)25;1-11(18)6-16(20)24-14(4)9-22-8-13(3)23-10-15(5)25-17(21)7-12(2)19;1-9(16)4-13(19)22-7-12(24-15(21)6-11(3)18)8-23-14(20)5-10(2)17;1-7(12)4-10(14)16-6-9(3)17-11(15)5-8(2)13/h21-22,29-30H,7-14H2,1-6H3;5-12H2,1-4H3;13-15H,6-10H2,1-5H3;12H,4-8H2,1-3H3;9H,4-6H2,1-3H3. The molecule has 0 aliphatic heterocycles. The van der Waals surface area contributed by atoms with Gasteiger partial charge in [-0.05, 0) is 145 Å². The number of carbonyl (C=O) groups is 34. The zero-order valence-corrected chi connectivity index (χ0v) is 85.8. The molecule has 0 bridgehead atoms. The van der Waals surface area contributed by atoms with Crippen LogP contribution >= 0.6 is 0 Å². The number of esters is 17. The van der Waals surface area contributed by atoms with E-state index < -0.39 is 367 Å². The highest BCUT2D eigenvalue weighted by Gasteiger charge is 2.47. The third-order valence-electron chi connectivity index (χ3n) is 15.8. The van der Waals surface area contributed by atoms with E-state index in [0.29, 0.717) is 0 Å². The summed E-state index contributed by atoms with van der Waals surface area (Å²) in [5.41, 5.74) is -1.64. The number of ether oxygens (including phenoxy) is 19. The van der Waals surface area contributed by atoms with Gasteiger partial charge in [-0.25, -0.2) is 0 Å². The van der Waals surface area contributed by atoms with Crippen LogP contribution in [0.4, 0.5) is 0 Å². The van der Waals surface area contributed by atoms with Crippen LogP contribution in [0, 0.1) is 5.41 Å². The highest BCUT2D eigenvalue weighted by atomic mass is 16.7. The summed E-state index contributed by atoms with van der Waals surface area (Å²) in [4.78, 5) is 391. The van der Waals surface area contributed by atoms with Gasteiger partial charge in [0.1, 0.15) is 291 Å². The second-order valence-electron chi connectivity index (χ2n) is 33.2. The average Bonchev–Trinajstić information content (AvgIpc) is 0.825. The highest BCUT2D eigenvalue weighted by Crippen LogP contribution is 2.26. The molecular weight excluding hydrogens is 1980 g/mol. The van der Waals surface area contributed by atoms with E-state index in [1.54, 1.807) is 20.8 Å². The largest absolute Gasteiger partial charge is 0.464 e. The van der Waals surface area contributed by atoms with Crippen molar-refractivity contribution in [2.75, 3.05) is 79.3 Å². The van der Waals surface area contributed by atoms with Crippen LogP contribution in [0.25, 0.3) is 0 Å². The molecule has 8 unspecified atom stereocenters. The molecule has 0 aromatic carbocycles. The molecular formula is C94H130O53. The summed E-state index contributed by atoms with van der Waals surface area (Å²) in [6.07, 6.45) is -21.4. The molecule has 0 spiro atoms. The van der Waals surface area contributed by atoms with Crippen LogP contribution in [0.2, 0.25) is 0 Å². The smallest absolute Gasteiger partial charge is 0.313 e. The molecule has 0 heterocycles. The fraction of sp³-hybridized carbons (Fsp3) is 0.638. The lowest BCUT2D eigenvalue weighted by Crippen LogP contribution is -2.55. The van der Waals surface area contributed by atoms with Gasteiger partial charge in [0.25, 0.3) is 0 Å².